The number of fused-ring (bicyclic) bond motifs is 2. The highest BCUT2D eigenvalue weighted by Crippen LogP contribution is 2.43. The number of hydrogen-bond acceptors (Lipinski definition) is 5. The maximum Gasteiger partial charge on any atom is 0.237 e. The number of carbonyl (C=O) groups excluding carboxylic acids is 2. The van der Waals surface area contributed by atoms with Crippen LogP contribution in [0, 0.1) is 17.2 Å². The van der Waals surface area contributed by atoms with Crippen molar-refractivity contribution in [3.63, 3.8) is 0 Å². The summed E-state index contributed by atoms with van der Waals surface area (Å²) in [7, 11) is 0. The zero-order chi connectivity index (χ0) is 20.9. The molecule has 0 spiro atoms. The standard InChI is InChI=1S/C21H21F2N5O2/c22-13-1-3-15-17(11-13)25-26-18(15)28-9-7-27(8-10-28)6-5-21-12-14(23)2-4-16(21)19(29)24-20(21)30/h1-4,11-12,16H,5-10H2,(H,25,26)(H,24,29,30). The number of nitrogens with one attached hydrogen (secondary N) is 2. The van der Waals surface area contributed by atoms with Crippen LogP contribution < -0.4 is 10.2 Å². The smallest absolute Gasteiger partial charge is 0.237 e. The van der Waals surface area contributed by atoms with Crippen LogP contribution in [-0.2, 0) is 9.59 Å². The first-order chi connectivity index (χ1) is 14.5. The number of halogens is 2. The molecule has 3 heterocycles. The largest absolute Gasteiger partial charge is 0.352 e. The summed E-state index contributed by atoms with van der Waals surface area (Å²) in [5, 5.41) is 10.4. The first kappa shape index (κ1) is 18.9. The van der Waals surface area contributed by atoms with E-state index in [-0.39, 0.29) is 11.7 Å². The van der Waals surface area contributed by atoms with Gasteiger partial charge in [-0.15, -0.1) is 0 Å². The molecule has 1 aliphatic carbocycles. The van der Waals surface area contributed by atoms with E-state index in [1.165, 1.54) is 30.4 Å². The number of H-pyrrole nitrogens is 1. The van der Waals surface area contributed by atoms with Crippen molar-refractivity contribution in [2.45, 2.75) is 6.42 Å². The number of carbonyl (C=O) groups is 2. The highest BCUT2D eigenvalue weighted by molar-refractivity contribution is 6.09. The van der Waals surface area contributed by atoms with Crippen molar-refractivity contribution in [1.29, 1.82) is 0 Å². The Kier molecular flexibility index (Phi) is 4.43. The molecule has 0 bridgehead atoms. The predicted octanol–water partition coefficient (Wildman–Crippen LogP) is 1.90. The van der Waals surface area contributed by atoms with Gasteiger partial charge in [0.25, 0.3) is 0 Å². The number of amides is 2. The van der Waals surface area contributed by atoms with Crippen LogP contribution in [0.15, 0.2) is 42.3 Å². The van der Waals surface area contributed by atoms with Gasteiger partial charge in [-0.3, -0.25) is 24.9 Å². The van der Waals surface area contributed by atoms with E-state index >= 15 is 0 Å². The first-order valence-corrected chi connectivity index (χ1v) is 9.99. The van der Waals surface area contributed by atoms with Gasteiger partial charge in [0.15, 0.2) is 5.82 Å². The molecule has 2 unspecified atom stereocenters. The van der Waals surface area contributed by atoms with Crippen molar-refractivity contribution in [2.75, 3.05) is 37.6 Å². The zero-order valence-corrected chi connectivity index (χ0v) is 16.2. The van der Waals surface area contributed by atoms with E-state index in [0.29, 0.717) is 18.5 Å². The Morgan fingerprint density at radius 2 is 1.97 bits per heavy atom. The number of piperazine rings is 1. The number of rotatable bonds is 4. The molecule has 0 saturated carbocycles. The summed E-state index contributed by atoms with van der Waals surface area (Å²) < 4.78 is 27.3. The van der Waals surface area contributed by atoms with Gasteiger partial charge in [-0.05, 0) is 43.3 Å². The average Bonchev–Trinajstić information content (AvgIpc) is 3.25. The molecular formula is C21H21F2N5O2. The fourth-order valence-electron chi connectivity index (χ4n) is 4.66. The minimum absolute atomic E-state index is 0.308. The molecule has 3 aliphatic rings. The van der Waals surface area contributed by atoms with E-state index in [4.69, 9.17) is 0 Å². The Hall–Kier alpha value is -3.07. The SMILES string of the molecule is O=C1NC(=O)C2(CCN3CCN(c4n[nH]c5cc(F)ccc45)CC3)C=C(F)C=CC12. The number of nitrogens with zero attached hydrogens (tertiary/aromatic N) is 3. The van der Waals surface area contributed by atoms with E-state index < -0.39 is 23.1 Å². The summed E-state index contributed by atoms with van der Waals surface area (Å²) in [6.07, 6.45) is 4.40. The Balaban J connectivity index is 1.25. The van der Waals surface area contributed by atoms with E-state index in [1.807, 2.05) is 0 Å². The molecule has 30 heavy (non-hydrogen) atoms. The molecule has 2 aromatic rings. The average molecular weight is 413 g/mol. The zero-order valence-electron chi connectivity index (χ0n) is 16.2. The third-order valence-electron chi connectivity index (χ3n) is 6.36. The van der Waals surface area contributed by atoms with Crippen molar-refractivity contribution >= 4 is 28.5 Å². The minimum Gasteiger partial charge on any atom is -0.352 e. The van der Waals surface area contributed by atoms with Gasteiger partial charge in [0.2, 0.25) is 11.8 Å². The summed E-state index contributed by atoms with van der Waals surface area (Å²) in [6.45, 7) is 3.52. The third kappa shape index (κ3) is 3.00. The summed E-state index contributed by atoms with van der Waals surface area (Å²) in [4.78, 5) is 28.9. The molecule has 7 nitrogen and oxygen atoms in total. The number of allylic oxidation sites excluding steroid dienone is 2. The lowest BCUT2D eigenvalue weighted by Crippen LogP contribution is -2.48. The maximum atomic E-state index is 13.9. The predicted molar refractivity (Wildman–Crippen MR) is 107 cm³/mol. The van der Waals surface area contributed by atoms with E-state index in [9.17, 15) is 18.4 Å². The molecule has 2 saturated heterocycles. The lowest BCUT2D eigenvalue weighted by Gasteiger charge is -2.37. The van der Waals surface area contributed by atoms with Crippen molar-refractivity contribution in [2.24, 2.45) is 11.3 Å². The summed E-state index contributed by atoms with van der Waals surface area (Å²) in [5.41, 5.74) is -0.483. The molecule has 1 aromatic carbocycles. The van der Waals surface area contributed by atoms with Crippen molar-refractivity contribution in [3.8, 4) is 0 Å². The van der Waals surface area contributed by atoms with Crippen molar-refractivity contribution in [1.82, 2.24) is 20.4 Å². The monoisotopic (exact) mass is 413 g/mol. The molecule has 0 radical (unpaired) electrons. The van der Waals surface area contributed by atoms with Crippen molar-refractivity contribution < 1.29 is 18.4 Å². The molecule has 2 N–H and O–H groups in total. The number of benzene rings is 1. The third-order valence-corrected chi connectivity index (χ3v) is 6.36. The second-order valence-electron chi connectivity index (χ2n) is 8.04. The van der Waals surface area contributed by atoms with Gasteiger partial charge in [0, 0.05) is 31.6 Å². The van der Waals surface area contributed by atoms with Gasteiger partial charge in [0.1, 0.15) is 11.6 Å². The van der Waals surface area contributed by atoms with Crippen LogP contribution in [0.1, 0.15) is 6.42 Å². The van der Waals surface area contributed by atoms with Gasteiger partial charge in [-0.1, -0.05) is 6.08 Å². The summed E-state index contributed by atoms with van der Waals surface area (Å²) in [5.74, 6) is -1.44. The van der Waals surface area contributed by atoms with E-state index in [0.717, 1.165) is 37.4 Å². The number of hydrogen-bond donors (Lipinski definition) is 2. The lowest BCUT2D eigenvalue weighted by atomic mass is 9.72. The first-order valence-electron chi connectivity index (χ1n) is 9.99. The Morgan fingerprint density at radius 1 is 1.17 bits per heavy atom. The van der Waals surface area contributed by atoms with Crippen LogP contribution in [0.3, 0.4) is 0 Å². The van der Waals surface area contributed by atoms with Crippen LogP contribution in [0.4, 0.5) is 14.6 Å². The Bertz CT molecular complexity index is 1090. The van der Waals surface area contributed by atoms with Gasteiger partial charge < -0.3 is 4.90 Å². The van der Waals surface area contributed by atoms with Gasteiger partial charge in [-0.2, -0.15) is 5.10 Å². The number of aromatic nitrogens is 2. The maximum absolute atomic E-state index is 13.9. The van der Waals surface area contributed by atoms with E-state index in [2.05, 4.69) is 25.3 Å². The van der Waals surface area contributed by atoms with Crippen LogP contribution >= 0.6 is 0 Å². The highest BCUT2D eigenvalue weighted by atomic mass is 19.1. The topological polar surface area (TPSA) is 81.3 Å². The molecule has 156 valence electrons. The number of anilines is 1. The fourth-order valence-corrected chi connectivity index (χ4v) is 4.66. The van der Waals surface area contributed by atoms with Crippen molar-refractivity contribution in [3.05, 3.63) is 48.1 Å². The van der Waals surface area contributed by atoms with Gasteiger partial charge in [0.05, 0.1) is 16.8 Å². The fraction of sp³-hybridized carbons (Fsp3) is 0.381. The van der Waals surface area contributed by atoms with E-state index in [1.54, 1.807) is 6.07 Å². The highest BCUT2D eigenvalue weighted by Gasteiger charge is 2.54. The molecule has 5 rings (SSSR count). The Labute approximate surface area is 171 Å². The van der Waals surface area contributed by atoms with Crippen LogP contribution in [-0.4, -0.2) is 59.6 Å². The second kappa shape index (κ2) is 7.02. The van der Waals surface area contributed by atoms with Crippen LogP contribution in [0.2, 0.25) is 0 Å². The quantitative estimate of drug-likeness (QED) is 0.749. The molecule has 2 amide bonds. The molecule has 2 fully saturated rings. The molecule has 2 aliphatic heterocycles. The minimum atomic E-state index is -1.14. The summed E-state index contributed by atoms with van der Waals surface area (Å²) >= 11 is 0. The van der Waals surface area contributed by atoms with Gasteiger partial charge >= 0.3 is 0 Å². The lowest BCUT2D eigenvalue weighted by molar-refractivity contribution is -0.127. The van der Waals surface area contributed by atoms with Crippen LogP contribution in [0.25, 0.3) is 10.9 Å². The second-order valence-corrected chi connectivity index (χ2v) is 8.04. The Morgan fingerprint density at radius 3 is 2.77 bits per heavy atom. The number of aromatic amines is 1. The summed E-state index contributed by atoms with van der Waals surface area (Å²) in [6, 6.07) is 4.58. The number of imide groups is 1. The molecular weight excluding hydrogens is 392 g/mol. The normalized spacial score (nSPS) is 26.8. The molecule has 2 atom stereocenters. The molecule has 9 heteroatoms. The van der Waals surface area contributed by atoms with Gasteiger partial charge in [-0.25, -0.2) is 8.78 Å². The van der Waals surface area contributed by atoms with Crippen LogP contribution in [0.5, 0.6) is 0 Å². The molecule has 1 aromatic heterocycles.